The van der Waals surface area contributed by atoms with Crippen LogP contribution in [0.25, 0.3) is 0 Å². The number of rotatable bonds is 6. The molecule has 0 saturated carbocycles. The van der Waals surface area contributed by atoms with Crippen molar-refractivity contribution in [1.29, 1.82) is 5.26 Å². The van der Waals surface area contributed by atoms with Gasteiger partial charge >= 0.3 is 0 Å². The zero-order chi connectivity index (χ0) is 12.7. The third-order valence-corrected chi connectivity index (χ3v) is 2.50. The third kappa shape index (κ3) is 4.99. The van der Waals surface area contributed by atoms with Crippen molar-refractivity contribution >= 4 is 0 Å². The van der Waals surface area contributed by atoms with E-state index >= 15 is 0 Å². The quantitative estimate of drug-likeness (QED) is 0.755. The number of benzene rings is 1. The standard InChI is InChI=1S/C14H20N2O/c1-12(2)17-9-8-16(3)11-14-7-5-4-6-13(14)10-15/h4-7,12H,8-9,11H2,1-3H3. The van der Waals surface area contributed by atoms with Crippen LogP contribution >= 0.6 is 0 Å². The molecule has 0 amide bonds. The maximum atomic E-state index is 8.99. The Hall–Kier alpha value is -1.37. The number of hydrogen-bond acceptors (Lipinski definition) is 3. The Balaban J connectivity index is 2.45. The van der Waals surface area contributed by atoms with Gasteiger partial charge in [-0.1, -0.05) is 18.2 Å². The summed E-state index contributed by atoms with van der Waals surface area (Å²) in [7, 11) is 2.04. The van der Waals surface area contributed by atoms with Gasteiger partial charge in [0.2, 0.25) is 0 Å². The van der Waals surface area contributed by atoms with Crippen LogP contribution in [0.2, 0.25) is 0 Å². The average molecular weight is 232 g/mol. The monoisotopic (exact) mass is 232 g/mol. The summed E-state index contributed by atoms with van der Waals surface area (Å²) in [6.45, 7) is 6.45. The van der Waals surface area contributed by atoms with Gasteiger partial charge in [0.1, 0.15) is 0 Å². The molecule has 92 valence electrons. The second-order valence-corrected chi connectivity index (χ2v) is 4.43. The van der Waals surface area contributed by atoms with E-state index in [2.05, 4.69) is 11.0 Å². The van der Waals surface area contributed by atoms with E-state index in [1.165, 1.54) is 0 Å². The van der Waals surface area contributed by atoms with Gasteiger partial charge < -0.3 is 4.74 Å². The van der Waals surface area contributed by atoms with Crippen LogP contribution in [0, 0.1) is 11.3 Å². The average Bonchev–Trinajstić information content (AvgIpc) is 2.29. The molecule has 0 saturated heterocycles. The fourth-order valence-corrected chi connectivity index (χ4v) is 1.58. The molecular weight excluding hydrogens is 212 g/mol. The molecule has 1 aromatic rings. The summed E-state index contributed by atoms with van der Waals surface area (Å²) in [6, 6.07) is 9.93. The van der Waals surface area contributed by atoms with Crippen molar-refractivity contribution in [1.82, 2.24) is 4.90 Å². The molecule has 0 spiro atoms. The van der Waals surface area contributed by atoms with Crippen molar-refractivity contribution in [2.75, 3.05) is 20.2 Å². The Morgan fingerprint density at radius 3 is 2.71 bits per heavy atom. The zero-order valence-corrected chi connectivity index (χ0v) is 10.8. The molecule has 1 rings (SSSR count). The molecule has 3 heteroatoms. The van der Waals surface area contributed by atoms with Crippen molar-refractivity contribution in [3.8, 4) is 6.07 Å². The molecule has 0 N–H and O–H groups in total. The van der Waals surface area contributed by atoms with Crippen LogP contribution in [-0.4, -0.2) is 31.2 Å². The minimum atomic E-state index is 0.273. The first kappa shape index (κ1) is 13.7. The first-order chi connectivity index (χ1) is 8.13. The Bertz CT molecular complexity index is 382. The Morgan fingerprint density at radius 2 is 2.06 bits per heavy atom. The smallest absolute Gasteiger partial charge is 0.0995 e. The van der Waals surface area contributed by atoms with E-state index in [1.54, 1.807) is 0 Å². The normalized spacial score (nSPS) is 10.8. The lowest BCUT2D eigenvalue weighted by molar-refractivity contribution is 0.0627. The number of ether oxygens (including phenoxy) is 1. The van der Waals surface area contributed by atoms with E-state index in [0.29, 0.717) is 0 Å². The lowest BCUT2D eigenvalue weighted by Gasteiger charge is -2.18. The van der Waals surface area contributed by atoms with Gasteiger partial charge in [0, 0.05) is 13.1 Å². The number of hydrogen-bond donors (Lipinski definition) is 0. The Morgan fingerprint density at radius 1 is 1.35 bits per heavy atom. The SMILES string of the molecule is CC(C)OCCN(C)Cc1ccccc1C#N. The van der Waals surface area contributed by atoms with Gasteiger partial charge in [-0.25, -0.2) is 0 Å². The van der Waals surface area contributed by atoms with Crippen molar-refractivity contribution in [2.24, 2.45) is 0 Å². The number of likely N-dealkylation sites (N-methyl/N-ethyl adjacent to an activating group) is 1. The van der Waals surface area contributed by atoms with Gasteiger partial charge in [0.05, 0.1) is 24.3 Å². The van der Waals surface area contributed by atoms with Crippen LogP contribution in [0.3, 0.4) is 0 Å². The van der Waals surface area contributed by atoms with E-state index in [0.717, 1.165) is 30.8 Å². The topological polar surface area (TPSA) is 36.3 Å². The highest BCUT2D eigenvalue weighted by Gasteiger charge is 2.05. The molecule has 0 aromatic heterocycles. The van der Waals surface area contributed by atoms with E-state index in [1.807, 2.05) is 45.2 Å². The summed E-state index contributed by atoms with van der Waals surface area (Å²) in [5.41, 5.74) is 1.83. The summed E-state index contributed by atoms with van der Waals surface area (Å²) in [4.78, 5) is 2.17. The van der Waals surface area contributed by atoms with Gasteiger partial charge in [-0.3, -0.25) is 4.90 Å². The molecule has 0 aliphatic carbocycles. The Labute approximate surface area is 104 Å². The molecule has 0 aliphatic rings. The van der Waals surface area contributed by atoms with Gasteiger partial charge in [0.25, 0.3) is 0 Å². The maximum absolute atomic E-state index is 8.99. The first-order valence-corrected chi connectivity index (χ1v) is 5.91. The molecule has 0 atom stereocenters. The van der Waals surface area contributed by atoms with E-state index in [9.17, 15) is 0 Å². The summed E-state index contributed by atoms with van der Waals surface area (Å²) >= 11 is 0. The highest BCUT2D eigenvalue weighted by atomic mass is 16.5. The molecule has 0 fully saturated rings. The predicted octanol–water partition coefficient (Wildman–Crippen LogP) is 2.42. The molecule has 0 unspecified atom stereocenters. The zero-order valence-electron chi connectivity index (χ0n) is 10.8. The molecule has 0 bridgehead atoms. The van der Waals surface area contributed by atoms with Crippen molar-refractivity contribution < 1.29 is 4.74 Å². The van der Waals surface area contributed by atoms with Crippen molar-refractivity contribution in [3.63, 3.8) is 0 Å². The molecule has 3 nitrogen and oxygen atoms in total. The van der Waals surface area contributed by atoms with Gasteiger partial charge in [-0.05, 0) is 32.5 Å². The van der Waals surface area contributed by atoms with Crippen LogP contribution in [0.1, 0.15) is 25.0 Å². The lowest BCUT2D eigenvalue weighted by Crippen LogP contribution is -2.24. The minimum absolute atomic E-state index is 0.273. The first-order valence-electron chi connectivity index (χ1n) is 5.91. The largest absolute Gasteiger partial charge is 0.377 e. The van der Waals surface area contributed by atoms with Crippen LogP contribution in [-0.2, 0) is 11.3 Å². The molecule has 0 radical (unpaired) electrons. The van der Waals surface area contributed by atoms with Gasteiger partial charge in [0.15, 0.2) is 0 Å². The summed E-state index contributed by atoms with van der Waals surface area (Å²) in [5.74, 6) is 0. The third-order valence-electron chi connectivity index (χ3n) is 2.50. The number of nitrogens with zero attached hydrogens (tertiary/aromatic N) is 2. The van der Waals surface area contributed by atoms with Crippen LogP contribution < -0.4 is 0 Å². The molecule has 0 heterocycles. The van der Waals surface area contributed by atoms with E-state index in [-0.39, 0.29) is 6.10 Å². The fourth-order valence-electron chi connectivity index (χ4n) is 1.58. The maximum Gasteiger partial charge on any atom is 0.0995 e. The second-order valence-electron chi connectivity index (χ2n) is 4.43. The van der Waals surface area contributed by atoms with Crippen LogP contribution in [0.4, 0.5) is 0 Å². The second kappa shape index (κ2) is 7.05. The molecular formula is C14H20N2O. The molecule has 17 heavy (non-hydrogen) atoms. The van der Waals surface area contributed by atoms with Crippen molar-refractivity contribution in [2.45, 2.75) is 26.5 Å². The highest BCUT2D eigenvalue weighted by Crippen LogP contribution is 2.09. The van der Waals surface area contributed by atoms with E-state index in [4.69, 9.17) is 10.00 Å². The summed E-state index contributed by atoms with van der Waals surface area (Å²) in [5, 5.41) is 8.99. The Kier molecular flexibility index (Phi) is 5.68. The van der Waals surface area contributed by atoms with E-state index < -0.39 is 0 Å². The minimum Gasteiger partial charge on any atom is -0.377 e. The molecule has 1 aromatic carbocycles. The highest BCUT2D eigenvalue weighted by molar-refractivity contribution is 5.37. The van der Waals surface area contributed by atoms with Crippen molar-refractivity contribution in [3.05, 3.63) is 35.4 Å². The predicted molar refractivity (Wildman–Crippen MR) is 68.6 cm³/mol. The van der Waals surface area contributed by atoms with Crippen LogP contribution in [0.15, 0.2) is 24.3 Å². The summed E-state index contributed by atoms with van der Waals surface area (Å²) in [6.07, 6.45) is 0.273. The lowest BCUT2D eigenvalue weighted by atomic mass is 10.1. The fraction of sp³-hybridized carbons (Fsp3) is 0.500. The molecule has 0 aliphatic heterocycles. The number of nitriles is 1. The van der Waals surface area contributed by atoms with Crippen LogP contribution in [0.5, 0.6) is 0 Å². The van der Waals surface area contributed by atoms with Gasteiger partial charge in [-0.15, -0.1) is 0 Å². The van der Waals surface area contributed by atoms with Gasteiger partial charge in [-0.2, -0.15) is 5.26 Å². The summed E-state index contributed by atoms with van der Waals surface area (Å²) < 4.78 is 5.50.